The van der Waals surface area contributed by atoms with Crippen LogP contribution in [0.15, 0.2) is 42.7 Å². The maximum absolute atomic E-state index is 14.7. The molecule has 4 aromatic heterocycles. The highest BCUT2D eigenvalue weighted by Gasteiger charge is 2.34. The molecular weight excluding hydrogens is 986 g/mol. The lowest BCUT2D eigenvalue weighted by Gasteiger charge is -2.38. The zero-order valence-corrected chi connectivity index (χ0v) is 44.3. The number of nitrogens with one attached hydrogen (secondary N) is 2. The Morgan fingerprint density at radius 3 is 1.97 bits per heavy atom. The minimum atomic E-state index is -1.01. The number of hydrogen-bond donors (Lipinski definition) is 5. The fraction of sp³-hybridized carbons (Fsp3) is 0.600. The molecular formula is C50H74ClN17O7. The first kappa shape index (κ1) is 57.8. The summed E-state index contributed by atoms with van der Waals surface area (Å²) in [5, 5.41) is 31.3. The maximum Gasteiger partial charge on any atom is 0.303 e. The number of nitrogens with two attached hydrogens (primary N) is 2. The topological polar surface area (TPSA) is 292 Å². The van der Waals surface area contributed by atoms with Gasteiger partial charge in [0.2, 0.25) is 29.7 Å². The summed E-state index contributed by atoms with van der Waals surface area (Å²) < 4.78 is 19.7. The minimum Gasteiger partial charge on any atom is -0.481 e. The number of carbonyl (C=O) groups excluding carboxylic acids is 2. The molecule has 2 amide bonds. The Balaban J connectivity index is 0.00000914. The number of para-hydroxylation sites is 1. The van der Waals surface area contributed by atoms with Gasteiger partial charge >= 0.3 is 5.97 Å². The molecule has 7 rings (SSSR count). The zero-order chi connectivity index (χ0) is 52.6. The van der Waals surface area contributed by atoms with Gasteiger partial charge < -0.3 is 60.7 Å². The third-order valence-corrected chi connectivity index (χ3v) is 13.4. The molecule has 75 heavy (non-hydrogen) atoms. The Morgan fingerprint density at radius 2 is 1.37 bits per heavy atom. The average Bonchev–Trinajstić information content (AvgIpc) is 4.20. The number of rotatable bonds is 28. The number of H-pyrrole nitrogens is 1. The van der Waals surface area contributed by atoms with Gasteiger partial charge in [0.05, 0.1) is 68.9 Å². The Hall–Kier alpha value is -6.49. The van der Waals surface area contributed by atoms with Crippen molar-refractivity contribution in [3.8, 4) is 12.3 Å². The number of carboxylic acids is 1. The van der Waals surface area contributed by atoms with E-state index in [1.807, 2.05) is 52.8 Å². The number of benzene rings is 1. The molecule has 0 bridgehead atoms. The molecule has 5 aromatic rings. The van der Waals surface area contributed by atoms with E-state index in [2.05, 4.69) is 56.8 Å². The Bertz CT molecular complexity index is 2590. The number of aromatic amines is 1. The van der Waals surface area contributed by atoms with Crippen molar-refractivity contribution in [1.82, 2.24) is 59.7 Å². The van der Waals surface area contributed by atoms with Gasteiger partial charge in [-0.3, -0.25) is 14.4 Å². The molecule has 0 spiro atoms. The number of carbonyl (C=O) groups is 3. The van der Waals surface area contributed by atoms with Crippen LogP contribution in [0.2, 0.25) is 0 Å². The molecule has 0 radical (unpaired) electrons. The van der Waals surface area contributed by atoms with Crippen LogP contribution in [0.1, 0.15) is 94.6 Å². The summed E-state index contributed by atoms with van der Waals surface area (Å²) in [6, 6.07) is 7.85. The van der Waals surface area contributed by atoms with Crippen molar-refractivity contribution in [2.24, 2.45) is 23.3 Å². The predicted octanol–water partition coefficient (Wildman–Crippen LogP) is 3.03. The lowest BCUT2D eigenvalue weighted by molar-refractivity contribution is -0.139. The monoisotopic (exact) mass is 1060 g/mol. The number of amides is 2. The average molecular weight is 1060 g/mol. The smallest absolute Gasteiger partial charge is 0.303 e. The molecule has 0 aliphatic carbocycles. The summed E-state index contributed by atoms with van der Waals surface area (Å²) in [6.45, 7) is 14.0. The van der Waals surface area contributed by atoms with Crippen LogP contribution in [0.5, 0.6) is 0 Å². The van der Waals surface area contributed by atoms with E-state index in [-0.39, 0.29) is 61.7 Å². The lowest BCUT2D eigenvalue weighted by atomic mass is 9.98. The van der Waals surface area contributed by atoms with E-state index in [1.54, 1.807) is 22.0 Å². The fourth-order valence-electron chi connectivity index (χ4n) is 8.95. The van der Waals surface area contributed by atoms with Gasteiger partial charge in [-0.1, -0.05) is 68.7 Å². The van der Waals surface area contributed by atoms with Gasteiger partial charge in [-0.15, -0.1) is 29.0 Å². The van der Waals surface area contributed by atoms with Crippen molar-refractivity contribution < 1.29 is 33.7 Å². The molecule has 2 fully saturated rings. The lowest BCUT2D eigenvalue weighted by Crippen LogP contribution is -2.52. The summed E-state index contributed by atoms with van der Waals surface area (Å²) >= 11 is 0. The van der Waals surface area contributed by atoms with Crippen molar-refractivity contribution in [3.05, 3.63) is 59.8 Å². The van der Waals surface area contributed by atoms with Crippen molar-refractivity contribution >= 4 is 58.9 Å². The first-order chi connectivity index (χ1) is 35.8. The van der Waals surface area contributed by atoms with E-state index >= 15 is 0 Å². The van der Waals surface area contributed by atoms with Crippen molar-refractivity contribution in [1.29, 1.82) is 0 Å². The summed E-state index contributed by atoms with van der Waals surface area (Å²) in [5.74, 6) is 2.76. The quantitative estimate of drug-likeness (QED) is 0.0355. The number of aliphatic carboxylic acids is 1. The molecule has 408 valence electrons. The highest BCUT2D eigenvalue weighted by molar-refractivity contribution is 5.85. The molecule has 5 atom stereocenters. The van der Waals surface area contributed by atoms with Crippen LogP contribution in [0.4, 0.5) is 17.8 Å². The fourth-order valence-corrected chi connectivity index (χ4v) is 8.95. The molecule has 6 heterocycles. The van der Waals surface area contributed by atoms with E-state index in [4.69, 9.17) is 47.1 Å². The van der Waals surface area contributed by atoms with Gasteiger partial charge in [-0.05, 0) is 42.2 Å². The van der Waals surface area contributed by atoms with Crippen LogP contribution in [-0.4, -0.2) is 181 Å². The van der Waals surface area contributed by atoms with Crippen LogP contribution < -0.4 is 26.6 Å². The van der Waals surface area contributed by atoms with E-state index in [9.17, 15) is 19.5 Å². The van der Waals surface area contributed by atoms with Gasteiger partial charge in [0, 0.05) is 83.0 Å². The molecule has 2 unspecified atom stereocenters. The van der Waals surface area contributed by atoms with E-state index in [0.29, 0.717) is 134 Å². The number of aromatic nitrogens is 10. The Morgan fingerprint density at radius 1 is 0.800 bits per heavy atom. The zero-order valence-electron chi connectivity index (χ0n) is 43.5. The molecule has 25 heteroatoms. The Kier molecular flexibility index (Phi) is 21.9. The van der Waals surface area contributed by atoms with E-state index in [0.717, 1.165) is 29.4 Å². The summed E-state index contributed by atoms with van der Waals surface area (Å²) in [5.41, 5.74) is 16.0. The molecule has 2 aliphatic rings. The highest BCUT2D eigenvalue weighted by atomic mass is 35.5. The first-order valence-electron chi connectivity index (χ1n) is 25.7. The maximum atomic E-state index is 14.7. The number of anilines is 3. The number of halogens is 1. The second-order valence-electron chi connectivity index (χ2n) is 19.2. The largest absolute Gasteiger partial charge is 0.481 e. The van der Waals surface area contributed by atoms with Gasteiger partial charge in [-0.2, -0.15) is 15.0 Å². The number of piperazine rings is 2. The number of carboxylic acid groups (broad SMARTS) is 1. The van der Waals surface area contributed by atoms with Gasteiger partial charge in [0.1, 0.15) is 18.7 Å². The number of ether oxygens (including phenoxy) is 3. The van der Waals surface area contributed by atoms with Gasteiger partial charge in [0.15, 0.2) is 0 Å². The molecule has 2 saturated heterocycles. The van der Waals surface area contributed by atoms with Crippen LogP contribution in [0.3, 0.4) is 0 Å². The molecule has 24 nitrogen and oxygen atoms in total. The number of terminal acetylenes is 1. The SMILES string of the molecule is C#CCOCCOCCOCCNc1nc(N2CCN(C(=O)[C@@H](Cc3cc4ccccc4[nH]3)n3cc(C(N)CC(C)C)nn3)CC2)nc(N2CCN(C(=O)[C@H](CCC(=O)O)n3cc(C(N)[C@H](C)CC)nn3)CC2)n1.Cl. The number of hydrogen-bond acceptors (Lipinski definition) is 18. The van der Waals surface area contributed by atoms with Crippen molar-refractivity contribution in [2.45, 2.75) is 84.0 Å². The minimum absolute atomic E-state index is 0. The molecule has 7 N–H and O–H groups in total. The third kappa shape index (κ3) is 16.0. The first-order valence-corrected chi connectivity index (χ1v) is 25.7. The van der Waals surface area contributed by atoms with E-state index < -0.39 is 18.1 Å². The predicted molar refractivity (Wildman–Crippen MR) is 284 cm³/mol. The van der Waals surface area contributed by atoms with Gasteiger partial charge in [-0.25, -0.2) is 9.36 Å². The summed E-state index contributed by atoms with van der Waals surface area (Å²) in [4.78, 5) is 66.3. The van der Waals surface area contributed by atoms with Crippen LogP contribution in [-0.2, 0) is 35.0 Å². The molecule has 2 aliphatic heterocycles. The summed E-state index contributed by atoms with van der Waals surface area (Å²) in [7, 11) is 0. The second-order valence-corrected chi connectivity index (χ2v) is 19.2. The van der Waals surface area contributed by atoms with Crippen LogP contribution >= 0.6 is 12.4 Å². The second kappa shape index (κ2) is 28.4. The molecule has 0 saturated carbocycles. The molecule has 1 aromatic carbocycles. The van der Waals surface area contributed by atoms with Crippen molar-refractivity contribution in [2.75, 3.05) is 114 Å². The Labute approximate surface area is 444 Å². The van der Waals surface area contributed by atoms with Gasteiger partial charge in [0.25, 0.3) is 0 Å². The van der Waals surface area contributed by atoms with Crippen LogP contribution in [0, 0.1) is 24.2 Å². The standard InChI is InChI=1S/C50H73N17O7.ClH/c1-6-23-72-25-27-74-28-26-73-24-14-53-48-55-49(64-19-15-62(16-20-64)46(70)42(12-13-44(68)69)66-33-41(59-61-66)45(52)35(5)7-2)57-50(56-48)65-21-17-63(18-22-65)47(71)43(31-37-30-36-10-8-9-11-39(36)54-37)67-32-40(58-60-67)38(51)29-34(3)4;/h1,8-11,30,32-35,38,42-43,45,54H,7,12-29,31,51-52H2,2-5H3,(H,68,69)(H,53,55,56,57);1H/t35-,38?,42+,43-,45?;/m1./s1. The van der Waals surface area contributed by atoms with Crippen LogP contribution in [0.25, 0.3) is 10.9 Å². The highest BCUT2D eigenvalue weighted by Crippen LogP contribution is 2.27. The number of nitrogens with zero attached hydrogens (tertiary/aromatic N) is 13. The van der Waals surface area contributed by atoms with E-state index in [1.165, 1.54) is 4.68 Å². The third-order valence-electron chi connectivity index (χ3n) is 13.4. The van der Waals surface area contributed by atoms with Crippen molar-refractivity contribution in [3.63, 3.8) is 0 Å². The normalized spacial score (nSPS) is 16.1. The summed E-state index contributed by atoms with van der Waals surface area (Å²) in [6.07, 6.45) is 10.4. The number of fused-ring (bicyclic) bond motifs is 1.